The van der Waals surface area contributed by atoms with Gasteiger partial charge in [0.15, 0.2) is 22.7 Å². The highest BCUT2D eigenvalue weighted by Gasteiger charge is 2.67. The van der Waals surface area contributed by atoms with Crippen molar-refractivity contribution < 1.29 is 38.1 Å². The number of rotatable bonds is 8. The number of anilines is 1. The van der Waals surface area contributed by atoms with Crippen LogP contribution in [-0.4, -0.2) is 49.5 Å². The average Bonchev–Trinajstić information content (AvgIpc) is 3.32. The summed E-state index contributed by atoms with van der Waals surface area (Å²) in [4.78, 5) is 53.7. The molecule has 1 saturated heterocycles. The molecule has 10 heteroatoms. The van der Waals surface area contributed by atoms with Crippen LogP contribution in [-0.2, 0) is 19.1 Å². The Morgan fingerprint density at radius 1 is 0.932 bits per heavy atom. The van der Waals surface area contributed by atoms with Crippen molar-refractivity contribution in [1.82, 2.24) is 0 Å². The largest absolute Gasteiger partial charge is 0.493 e. The maximum Gasteiger partial charge on any atom is 0.329 e. The van der Waals surface area contributed by atoms with E-state index in [-0.39, 0.29) is 35.2 Å². The van der Waals surface area contributed by atoms with Gasteiger partial charge in [-0.05, 0) is 60.5 Å². The van der Waals surface area contributed by atoms with Gasteiger partial charge in [-0.15, -0.1) is 0 Å². The van der Waals surface area contributed by atoms with Gasteiger partial charge in [0.25, 0.3) is 0 Å². The van der Waals surface area contributed by atoms with Crippen LogP contribution < -0.4 is 19.1 Å². The standard InChI is InChI=1S/C34H30N2O8/c1-5-42-33(40)34(19-35)29-17-13-22-8-6-7-9-26(22)36(29)31(32(39)23-10-14-25(15-11-23)43-20(2)37)30(34)24-12-16-27(44-21(3)38)28(18-24)41-4/h6-18,29-31H,5H2,1-4H3/t29-,30+,31+,34+/m1/s1. The summed E-state index contributed by atoms with van der Waals surface area (Å²) < 4.78 is 21.5. The van der Waals surface area contributed by atoms with E-state index in [9.17, 15) is 24.4 Å². The molecule has 2 heterocycles. The zero-order valence-corrected chi connectivity index (χ0v) is 24.6. The van der Waals surface area contributed by atoms with E-state index < -0.39 is 41.3 Å². The second kappa shape index (κ2) is 12.1. The summed E-state index contributed by atoms with van der Waals surface area (Å²) >= 11 is 0. The van der Waals surface area contributed by atoms with Gasteiger partial charge in [0.1, 0.15) is 11.8 Å². The SMILES string of the molecule is CCOC(=O)[C@]1(C#N)[C@@H](c2ccc(OC(C)=O)c(OC)c2)[C@@H](C(=O)c2ccc(OC(C)=O)cc2)N2c3ccccc3C=C[C@@H]21. The van der Waals surface area contributed by atoms with Crippen molar-refractivity contribution in [1.29, 1.82) is 5.26 Å². The van der Waals surface area contributed by atoms with Crippen molar-refractivity contribution in [2.75, 3.05) is 18.6 Å². The highest BCUT2D eigenvalue weighted by atomic mass is 16.6. The van der Waals surface area contributed by atoms with Crippen molar-refractivity contribution in [3.63, 3.8) is 0 Å². The third-order valence-corrected chi connectivity index (χ3v) is 7.81. The third kappa shape index (κ3) is 5.07. The molecule has 0 saturated carbocycles. The van der Waals surface area contributed by atoms with E-state index >= 15 is 0 Å². The number of Topliss-reactive ketones (excluding diaryl/α,β-unsaturated/α-hetero) is 1. The number of nitriles is 1. The molecule has 0 aliphatic carbocycles. The number of ketones is 1. The number of para-hydroxylation sites is 1. The number of hydrogen-bond donors (Lipinski definition) is 0. The quantitative estimate of drug-likeness (QED) is 0.202. The number of carbonyl (C=O) groups is 4. The number of carbonyl (C=O) groups excluding carboxylic acids is 4. The first-order chi connectivity index (χ1) is 21.2. The predicted octanol–water partition coefficient (Wildman–Crippen LogP) is 4.87. The van der Waals surface area contributed by atoms with Gasteiger partial charge in [-0.2, -0.15) is 5.26 Å². The van der Waals surface area contributed by atoms with E-state index in [1.807, 2.05) is 35.2 Å². The van der Waals surface area contributed by atoms with Crippen LogP contribution in [0.2, 0.25) is 0 Å². The summed E-state index contributed by atoms with van der Waals surface area (Å²) in [7, 11) is 1.40. The van der Waals surface area contributed by atoms with Gasteiger partial charge in [0, 0.05) is 31.0 Å². The average molecular weight is 595 g/mol. The molecule has 0 N–H and O–H groups in total. The normalized spacial score (nSPS) is 21.3. The molecule has 3 aromatic carbocycles. The van der Waals surface area contributed by atoms with Gasteiger partial charge in [0.05, 0.1) is 25.8 Å². The highest BCUT2D eigenvalue weighted by molar-refractivity contribution is 6.06. The zero-order valence-electron chi connectivity index (χ0n) is 24.6. The zero-order chi connectivity index (χ0) is 31.6. The van der Waals surface area contributed by atoms with Crippen LogP contribution >= 0.6 is 0 Å². The molecule has 0 aromatic heterocycles. The summed E-state index contributed by atoms with van der Waals surface area (Å²) in [5.41, 5.74) is 0.326. The number of hydrogen-bond acceptors (Lipinski definition) is 10. The Hall–Kier alpha value is -5.43. The van der Waals surface area contributed by atoms with E-state index in [1.165, 1.54) is 39.2 Å². The lowest BCUT2D eigenvalue weighted by atomic mass is 9.68. The number of methoxy groups -OCH3 is 1. The molecule has 2 aliphatic heterocycles. The number of esters is 3. The lowest BCUT2D eigenvalue weighted by Crippen LogP contribution is -2.47. The van der Waals surface area contributed by atoms with E-state index in [0.29, 0.717) is 11.3 Å². The maximum absolute atomic E-state index is 14.6. The van der Waals surface area contributed by atoms with Gasteiger partial charge in [0.2, 0.25) is 0 Å². The molecule has 44 heavy (non-hydrogen) atoms. The minimum atomic E-state index is -1.87. The Labute approximate surface area is 254 Å². The number of nitrogens with zero attached hydrogens (tertiary/aromatic N) is 2. The van der Waals surface area contributed by atoms with Crippen LogP contribution in [0.1, 0.15) is 48.2 Å². The summed E-state index contributed by atoms with van der Waals surface area (Å²) in [5, 5.41) is 11.0. The van der Waals surface area contributed by atoms with Crippen LogP contribution in [0.25, 0.3) is 6.08 Å². The Morgan fingerprint density at radius 3 is 2.27 bits per heavy atom. The minimum absolute atomic E-state index is 0.0208. The molecule has 0 bridgehead atoms. The van der Waals surface area contributed by atoms with E-state index in [0.717, 1.165) is 5.56 Å². The third-order valence-electron chi connectivity index (χ3n) is 7.81. The molecule has 0 spiro atoms. The molecule has 2 aliphatic rings. The lowest BCUT2D eigenvalue weighted by molar-refractivity contribution is -0.152. The van der Waals surface area contributed by atoms with Crippen molar-refractivity contribution in [3.05, 3.63) is 89.5 Å². The summed E-state index contributed by atoms with van der Waals surface area (Å²) in [5.74, 6) is -2.66. The Balaban J connectivity index is 1.76. The van der Waals surface area contributed by atoms with Gasteiger partial charge < -0.3 is 23.8 Å². The molecule has 0 amide bonds. The van der Waals surface area contributed by atoms with Crippen molar-refractivity contribution in [3.8, 4) is 23.3 Å². The molecule has 4 atom stereocenters. The van der Waals surface area contributed by atoms with E-state index in [2.05, 4.69) is 6.07 Å². The van der Waals surface area contributed by atoms with Crippen LogP contribution in [0.5, 0.6) is 17.2 Å². The maximum atomic E-state index is 14.6. The monoisotopic (exact) mass is 594 g/mol. The predicted molar refractivity (Wildman–Crippen MR) is 159 cm³/mol. The first kappa shape index (κ1) is 30.0. The van der Waals surface area contributed by atoms with Crippen LogP contribution in [0, 0.1) is 16.7 Å². The fraction of sp³-hybridized carbons (Fsp3) is 0.265. The number of ether oxygens (including phenoxy) is 4. The summed E-state index contributed by atoms with van der Waals surface area (Å²) in [6.45, 7) is 4.21. The molecular formula is C34H30N2O8. The van der Waals surface area contributed by atoms with E-state index in [1.54, 1.807) is 37.3 Å². The van der Waals surface area contributed by atoms with Crippen molar-refractivity contribution >= 4 is 35.5 Å². The molecule has 0 radical (unpaired) electrons. The fourth-order valence-corrected chi connectivity index (χ4v) is 6.13. The number of fused-ring (bicyclic) bond motifs is 3. The van der Waals surface area contributed by atoms with Crippen molar-refractivity contribution in [2.45, 2.75) is 38.8 Å². The van der Waals surface area contributed by atoms with E-state index in [4.69, 9.17) is 18.9 Å². The van der Waals surface area contributed by atoms with Gasteiger partial charge in [-0.1, -0.05) is 36.4 Å². The number of benzene rings is 3. The lowest BCUT2D eigenvalue weighted by Gasteiger charge is -2.36. The van der Waals surface area contributed by atoms with Crippen molar-refractivity contribution in [2.24, 2.45) is 5.41 Å². The second-order valence-corrected chi connectivity index (χ2v) is 10.4. The summed E-state index contributed by atoms with van der Waals surface area (Å²) in [6.07, 6.45) is 3.60. The highest BCUT2D eigenvalue weighted by Crippen LogP contribution is 2.57. The van der Waals surface area contributed by atoms with Gasteiger partial charge in [-0.25, -0.2) is 0 Å². The van der Waals surface area contributed by atoms with Crippen LogP contribution in [0.3, 0.4) is 0 Å². The molecule has 0 unspecified atom stereocenters. The minimum Gasteiger partial charge on any atom is -0.493 e. The smallest absolute Gasteiger partial charge is 0.329 e. The van der Waals surface area contributed by atoms with Gasteiger partial charge >= 0.3 is 17.9 Å². The first-order valence-corrected chi connectivity index (χ1v) is 14.0. The van der Waals surface area contributed by atoms with Crippen LogP contribution in [0.4, 0.5) is 5.69 Å². The molecule has 5 rings (SSSR count). The molecule has 1 fully saturated rings. The van der Waals surface area contributed by atoms with Crippen LogP contribution in [0.15, 0.2) is 72.8 Å². The molecule has 3 aromatic rings. The van der Waals surface area contributed by atoms with Gasteiger partial charge in [-0.3, -0.25) is 19.2 Å². The Morgan fingerprint density at radius 2 is 1.64 bits per heavy atom. The Bertz CT molecular complexity index is 1710. The fourth-order valence-electron chi connectivity index (χ4n) is 6.13. The molecule has 10 nitrogen and oxygen atoms in total. The molecular weight excluding hydrogens is 564 g/mol. The Kier molecular flexibility index (Phi) is 8.23. The first-order valence-electron chi connectivity index (χ1n) is 14.0. The second-order valence-electron chi connectivity index (χ2n) is 10.4. The molecule has 224 valence electrons. The topological polar surface area (TPSA) is 132 Å². The summed E-state index contributed by atoms with van der Waals surface area (Å²) in [6, 6.07) is 18.6.